The van der Waals surface area contributed by atoms with Crippen LogP contribution in [0.4, 0.5) is 0 Å². The second-order valence-corrected chi connectivity index (χ2v) is 3.70. The summed E-state index contributed by atoms with van der Waals surface area (Å²) in [6.07, 6.45) is 1.78. The van der Waals surface area contributed by atoms with Gasteiger partial charge in [0.1, 0.15) is 24.4 Å². The molecule has 0 aromatic carbocycles. The first kappa shape index (κ1) is 11.9. The van der Waals surface area contributed by atoms with Gasteiger partial charge >= 0.3 is 0 Å². The molecule has 0 aliphatic carbocycles. The minimum Gasteiger partial charge on any atom is -0.394 e. The van der Waals surface area contributed by atoms with Crippen LogP contribution < -0.4 is 0 Å². The van der Waals surface area contributed by atoms with Crippen LogP contribution in [-0.4, -0.2) is 40.2 Å². The van der Waals surface area contributed by atoms with Crippen molar-refractivity contribution in [1.29, 1.82) is 0 Å². The van der Waals surface area contributed by atoms with Crippen LogP contribution in [0.5, 0.6) is 0 Å². The molecule has 0 aromatic heterocycles. The van der Waals surface area contributed by atoms with Crippen molar-refractivity contribution < 1.29 is 20.1 Å². The monoisotopic (exact) mass is 203 g/mol. The molecule has 3 atom stereocenters. The smallest absolute Gasteiger partial charge is 0.129 e. The van der Waals surface area contributed by atoms with Crippen molar-refractivity contribution in [1.82, 2.24) is 0 Å². The van der Waals surface area contributed by atoms with E-state index in [-0.39, 0.29) is 6.61 Å². The van der Waals surface area contributed by atoms with E-state index in [1.54, 1.807) is 0 Å². The molecule has 1 rings (SSSR count). The predicted molar refractivity (Wildman–Crippen MR) is 51.4 cm³/mol. The molecule has 0 saturated carbocycles. The van der Waals surface area contributed by atoms with E-state index in [1.165, 1.54) is 0 Å². The molecule has 4 heteroatoms. The molecule has 0 spiro atoms. The predicted octanol–water partition coefficient (Wildman–Crippen LogP) is 0.212. The molecule has 4 nitrogen and oxygen atoms in total. The van der Waals surface area contributed by atoms with Gasteiger partial charge in [-0.1, -0.05) is 26.2 Å². The van der Waals surface area contributed by atoms with E-state index in [0.29, 0.717) is 12.5 Å². The molecule has 83 valence electrons. The second kappa shape index (κ2) is 5.66. The van der Waals surface area contributed by atoms with Crippen LogP contribution in [0, 0.1) is 6.10 Å². The topological polar surface area (TPSA) is 69.9 Å². The molecular weight excluding hydrogens is 184 g/mol. The van der Waals surface area contributed by atoms with Crippen molar-refractivity contribution in [3.8, 4) is 0 Å². The van der Waals surface area contributed by atoms with E-state index in [4.69, 9.17) is 9.84 Å². The molecule has 1 fully saturated rings. The highest BCUT2D eigenvalue weighted by Gasteiger charge is 2.42. The van der Waals surface area contributed by atoms with Crippen LogP contribution in [0.2, 0.25) is 0 Å². The fraction of sp³-hybridized carbons (Fsp3) is 0.900. The average Bonchev–Trinajstić information content (AvgIpc) is 2.46. The Labute approximate surface area is 84.5 Å². The second-order valence-electron chi connectivity index (χ2n) is 3.70. The van der Waals surface area contributed by atoms with Crippen LogP contribution in [-0.2, 0) is 4.74 Å². The Bertz CT molecular complexity index is 162. The molecule has 0 unspecified atom stereocenters. The zero-order valence-corrected chi connectivity index (χ0v) is 8.52. The van der Waals surface area contributed by atoms with E-state index < -0.39 is 18.3 Å². The van der Waals surface area contributed by atoms with E-state index in [9.17, 15) is 10.2 Å². The molecule has 1 radical (unpaired) electrons. The third-order valence-electron chi connectivity index (χ3n) is 2.54. The van der Waals surface area contributed by atoms with Gasteiger partial charge in [0, 0.05) is 0 Å². The number of hydrogen-bond donors (Lipinski definition) is 3. The number of aliphatic hydroxyl groups excluding tert-OH is 3. The van der Waals surface area contributed by atoms with Crippen molar-refractivity contribution in [3.63, 3.8) is 0 Å². The summed E-state index contributed by atoms with van der Waals surface area (Å²) in [4.78, 5) is 0. The summed E-state index contributed by atoms with van der Waals surface area (Å²) >= 11 is 0. The molecule has 14 heavy (non-hydrogen) atoms. The quantitative estimate of drug-likeness (QED) is 0.559. The highest BCUT2D eigenvalue weighted by Crippen LogP contribution is 2.30. The number of unbranched alkanes of at least 4 members (excludes halogenated alkanes) is 2. The Morgan fingerprint density at radius 1 is 1.29 bits per heavy atom. The highest BCUT2D eigenvalue weighted by molar-refractivity contribution is 5.02. The minimum atomic E-state index is -0.975. The summed E-state index contributed by atoms with van der Waals surface area (Å²) in [7, 11) is 0. The Morgan fingerprint density at radius 3 is 2.50 bits per heavy atom. The molecule has 0 amide bonds. The van der Waals surface area contributed by atoms with Gasteiger partial charge in [0.05, 0.1) is 6.61 Å². The van der Waals surface area contributed by atoms with Gasteiger partial charge in [0.15, 0.2) is 0 Å². The summed E-state index contributed by atoms with van der Waals surface area (Å²) < 4.78 is 5.25. The van der Waals surface area contributed by atoms with Gasteiger partial charge < -0.3 is 20.1 Å². The van der Waals surface area contributed by atoms with Gasteiger partial charge in [-0.25, -0.2) is 0 Å². The van der Waals surface area contributed by atoms with Crippen LogP contribution in [0.25, 0.3) is 0 Å². The molecule has 1 aliphatic rings. The highest BCUT2D eigenvalue weighted by atomic mass is 16.6. The van der Waals surface area contributed by atoms with Gasteiger partial charge in [-0.3, -0.25) is 0 Å². The first-order valence-electron chi connectivity index (χ1n) is 5.20. The Hall–Kier alpha value is -0.160. The number of ether oxygens (including phenoxy) is 1. The summed E-state index contributed by atoms with van der Waals surface area (Å²) in [5, 5.41) is 27.8. The molecule has 1 heterocycles. The van der Waals surface area contributed by atoms with E-state index in [0.717, 1.165) is 19.3 Å². The van der Waals surface area contributed by atoms with Crippen LogP contribution in [0.15, 0.2) is 0 Å². The Morgan fingerprint density at radius 2 is 2.00 bits per heavy atom. The van der Waals surface area contributed by atoms with Crippen LogP contribution >= 0.6 is 0 Å². The molecule has 0 bridgehead atoms. The fourth-order valence-electron chi connectivity index (χ4n) is 1.63. The lowest BCUT2D eigenvalue weighted by Gasteiger charge is -2.12. The van der Waals surface area contributed by atoms with Gasteiger partial charge in [-0.15, -0.1) is 0 Å². The lowest BCUT2D eigenvalue weighted by molar-refractivity contribution is -0.00594. The number of rotatable bonds is 5. The maximum atomic E-state index is 9.54. The maximum absolute atomic E-state index is 9.54. The van der Waals surface area contributed by atoms with Crippen molar-refractivity contribution in [2.24, 2.45) is 0 Å². The Kier molecular flexibility index (Phi) is 4.81. The molecule has 0 aromatic rings. The first-order valence-corrected chi connectivity index (χ1v) is 5.20. The standard InChI is InChI=1S/C10H19O4/c1-2-3-4-5-7-9(12)10(13)8(6-11)14-7/h8-13H,2-6H2,1H3/t8-,9+,10-/m1/s1. The van der Waals surface area contributed by atoms with E-state index in [1.807, 2.05) is 0 Å². The lowest BCUT2D eigenvalue weighted by Crippen LogP contribution is -2.32. The maximum Gasteiger partial charge on any atom is 0.129 e. The SMILES string of the molecule is CCCCC[C]1O[C@H](CO)[C@@H](O)[C@H]1O. The number of hydrogen-bond acceptors (Lipinski definition) is 4. The van der Waals surface area contributed by atoms with Crippen LogP contribution in [0.1, 0.15) is 32.6 Å². The summed E-state index contributed by atoms with van der Waals surface area (Å²) in [5.74, 6) is 0. The van der Waals surface area contributed by atoms with Crippen molar-refractivity contribution in [2.75, 3.05) is 6.61 Å². The van der Waals surface area contributed by atoms with Gasteiger partial charge in [0.2, 0.25) is 0 Å². The lowest BCUT2D eigenvalue weighted by atomic mass is 10.0. The van der Waals surface area contributed by atoms with Gasteiger partial charge in [0.25, 0.3) is 0 Å². The summed E-state index contributed by atoms with van der Waals surface area (Å²) in [6, 6.07) is 0. The number of aliphatic hydroxyl groups is 3. The third-order valence-corrected chi connectivity index (χ3v) is 2.54. The summed E-state index contributed by atoms with van der Waals surface area (Å²) in [5.41, 5.74) is 0. The first-order chi connectivity index (χ1) is 6.70. The van der Waals surface area contributed by atoms with Crippen LogP contribution in [0.3, 0.4) is 0 Å². The Balaban J connectivity index is 2.32. The molecule has 1 saturated heterocycles. The largest absolute Gasteiger partial charge is 0.394 e. The fourth-order valence-corrected chi connectivity index (χ4v) is 1.63. The third kappa shape index (κ3) is 2.67. The van der Waals surface area contributed by atoms with Crippen molar-refractivity contribution in [2.45, 2.75) is 50.9 Å². The van der Waals surface area contributed by atoms with Gasteiger partial charge in [-0.05, 0) is 6.42 Å². The van der Waals surface area contributed by atoms with Crippen molar-refractivity contribution >= 4 is 0 Å². The van der Waals surface area contributed by atoms with Crippen molar-refractivity contribution in [3.05, 3.63) is 6.10 Å². The molecular formula is C10H19O4. The molecule has 1 aliphatic heterocycles. The van der Waals surface area contributed by atoms with Gasteiger partial charge in [-0.2, -0.15) is 0 Å². The average molecular weight is 203 g/mol. The van der Waals surface area contributed by atoms with E-state index >= 15 is 0 Å². The summed E-state index contributed by atoms with van der Waals surface area (Å²) in [6.45, 7) is 1.84. The zero-order chi connectivity index (χ0) is 10.6. The van der Waals surface area contributed by atoms with E-state index in [2.05, 4.69) is 6.92 Å². The normalized spacial score (nSPS) is 33.9. The minimum absolute atomic E-state index is 0.254. The molecule has 3 N–H and O–H groups in total. The zero-order valence-electron chi connectivity index (χ0n) is 8.52.